The van der Waals surface area contributed by atoms with Crippen LogP contribution in [0.3, 0.4) is 0 Å². The average Bonchev–Trinajstić information content (AvgIpc) is 2.74. The molecule has 1 aliphatic rings. The van der Waals surface area contributed by atoms with E-state index in [0.29, 0.717) is 31.3 Å². The van der Waals surface area contributed by atoms with Crippen molar-refractivity contribution in [3.8, 4) is 17.2 Å². The first-order valence-electron chi connectivity index (χ1n) is 10.3. The second-order valence-electron chi connectivity index (χ2n) is 7.18. The molecule has 1 aliphatic heterocycles. The minimum Gasteiger partial charge on any atom is -0.496 e. The maximum absolute atomic E-state index is 11.1. The summed E-state index contributed by atoms with van der Waals surface area (Å²) in [6.07, 6.45) is 2.56. The number of nitrogens with zero attached hydrogens (tertiary/aromatic N) is 2. The maximum atomic E-state index is 11.1. The van der Waals surface area contributed by atoms with E-state index in [2.05, 4.69) is 15.5 Å². The minimum absolute atomic E-state index is 0. The first kappa shape index (κ1) is 27.1. The van der Waals surface area contributed by atoms with E-state index in [9.17, 15) is 4.79 Å². The highest BCUT2D eigenvalue weighted by Crippen LogP contribution is 2.34. The number of aliphatic imine (C=N–C) groups is 1. The van der Waals surface area contributed by atoms with E-state index in [0.717, 1.165) is 55.5 Å². The number of nitrogens with one attached hydrogen (secondary N) is 2. The Hall–Kier alpha value is -1.95. The number of methoxy groups -OCH3 is 3. The highest BCUT2D eigenvalue weighted by atomic mass is 127. The third kappa shape index (κ3) is 8.60. The van der Waals surface area contributed by atoms with Gasteiger partial charge in [-0.05, 0) is 26.2 Å². The fourth-order valence-electron chi connectivity index (χ4n) is 3.57. The number of benzene rings is 1. The summed E-state index contributed by atoms with van der Waals surface area (Å²) < 4.78 is 16.3. The summed E-state index contributed by atoms with van der Waals surface area (Å²) in [6, 6.07) is 4.02. The van der Waals surface area contributed by atoms with Crippen LogP contribution in [0.25, 0.3) is 0 Å². The van der Waals surface area contributed by atoms with Gasteiger partial charge in [0.25, 0.3) is 0 Å². The molecular weight excluding hydrogens is 513 g/mol. The quantitative estimate of drug-likeness (QED) is 0.230. The highest BCUT2D eigenvalue weighted by Gasteiger charge is 2.21. The van der Waals surface area contributed by atoms with Gasteiger partial charge in [0.15, 0.2) is 5.96 Å². The molecule has 2 rings (SSSR count). The van der Waals surface area contributed by atoms with Gasteiger partial charge in [-0.3, -0.25) is 14.7 Å². The van der Waals surface area contributed by atoms with Crippen LogP contribution in [0, 0.1) is 0 Å². The molecule has 1 aromatic rings. The molecule has 0 unspecified atom stereocenters. The van der Waals surface area contributed by atoms with Crippen molar-refractivity contribution in [2.45, 2.75) is 32.2 Å². The lowest BCUT2D eigenvalue weighted by molar-refractivity contribution is -0.119. The summed E-state index contributed by atoms with van der Waals surface area (Å²) in [5.74, 6) is 2.65. The Morgan fingerprint density at radius 3 is 2.26 bits per heavy atom. The Morgan fingerprint density at radius 2 is 1.77 bits per heavy atom. The smallest absolute Gasteiger partial charge is 0.231 e. The van der Waals surface area contributed by atoms with Crippen LogP contribution >= 0.6 is 24.0 Å². The Bertz CT molecular complexity index is 699. The van der Waals surface area contributed by atoms with Gasteiger partial charge in [-0.1, -0.05) is 0 Å². The standard InChI is InChI=1S/C21H35N5O4.HI/c1-5-23-21(25-15-7-10-26(11-8-15)14-20(22)27)24-9-6-17-18(29-3)12-16(28-2)13-19(17)30-4;/h12-13,15H,5-11,14H2,1-4H3,(H2,22,27)(H2,23,24,25);1H. The van der Waals surface area contributed by atoms with Crippen molar-refractivity contribution >= 4 is 35.8 Å². The molecule has 0 saturated carbocycles. The summed E-state index contributed by atoms with van der Waals surface area (Å²) in [5.41, 5.74) is 6.25. The van der Waals surface area contributed by atoms with Crippen LogP contribution in [0.4, 0.5) is 0 Å². The van der Waals surface area contributed by atoms with E-state index in [1.54, 1.807) is 21.3 Å². The monoisotopic (exact) mass is 549 g/mol. The number of hydrogen-bond acceptors (Lipinski definition) is 6. The van der Waals surface area contributed by atoms with Crippen LogP contribution in [-0.4, -0.2) is 76.9 Å². The third-order valence-corrected chi connectivity index (χ3v) is 5.10. The Kier molecular flexibility index (Phi) is 12.4. The first-order valence-corrected chi connectivity index (χ1v) is 10.3. The second kappa shape index (κ2) is 14.2. The van der Waals surface area contributed by atoms with Gasteiger partial charge >= 0.3 is 0 Å². The molecule has 0 aromatic heterocycles. The van der Waals surface area contributed by atoms with Gasteiger partial charge in [-0.15, -0.1) is 24.0 Å². The average molecular weight is 549 g/mol. The van der Waals surface area contributed by atoms with Gasteiger partial charge < -0.3 is 30.6 Å². The van der Waals surface area contributed by atoms with Crippen molar-refractivity contribution in [3.63, 3.8) is 0 Å². The van der Waals surface area contributed by atoms with Crippen LogP contribution in [0.5, 0.6) is 17.2 Å². The molecule has 0 bridgehead atoms. The predicted molar refractivity (Wildman–Crippen MR) is 133 cm³/mol. The molecule has 31 heavy (non-hydrogen) atoms. The van der Waals surface area contributed by atoms with Gasteiger partial charge in [0.1, 0.15) is 17.2 Å². The largest absolute Gasteiger partial charge is 0.496 e. The van der Waals surface area contributed by atoms with E-state index in [1.807, 2.05) is 19.1 Å². The molecule has 0 aliphatic carbocycles. The number of carbonyl (C=O) groups is 1. The molecule has 0 radical (unpaired) electrons. The SMILES string of the molecule is CCNC(=NCCc1c(OC)cc(OC)cc1OC)NC1CCN(CC(N)=O)CC1.I. The van der Waals surface area contributed by atoms with Gasteiger partial charge in [0, 0.05) is 49.9 Å². The molecule has 1 heterocycles. The lowest BCUT2D eigenvalue weighted by Crippen LogP contribution is -2.49. The van der Waals surface area contributed by atoms with Crippen LogP contribution < -0.4 is 30.6 Å². The van der Waals surface area contributed by atoms with Crippen molar-refractivity contribution in [1.82, 2.24) is 15.5 Å². The minimum atomic E-state index is -0.277. The lowest BCUT2D eigenvalue weighted by atomic mass is 10.1. The normalized spacial score (nSPS) is 15.0. The first-order chi connectivity index (χ1) is 14.5. The molecule has 1 aromatic carbocycles. The van der Waals surface area contributed by atoms with E-state index >= 15 is 0 Å². The topological polar surface area (TPSA) is 110 Å². The molecule has 0 spiro atoms. The van der Waals surface area contributed by atoms with E-state index < -0.39 is 0 Å². The van der Waals surface area contributed by atoms with Crippen LogP contribution in [-0.2, 0) is 11.2 Å². The molecule has 176 valence electrons. The van der Waals surface area contributed by atoms with Crippen molar-refractivity contribution in [1.29, 1.82) is 0 Å². The zero-order valence-electron chi connectivity index (χ0n) is 18.9. The Morgan fingerprint density at radius 1 is 1.16 bits per heavy atom. The number of halogens is 1. The van der Waals surface area contributed by atoms with Crippen LogP contribution in [0.15, 0.2) is 17.1 Å². The van der Waals surface area contributed by atoms with Crippen molar-refractivity contribution < 1.29 is 19.0 Å². The number of amides is 1. The number of ether oxygens (including phenoxy) is 3. The fraction of sp³-hybridized carbons (Fsp3) is 0.619. The molecule has 10 heteroatoms. The third-order valence-electron chi connectivity index (χ3n) is 5.10. The van der Waals surface area contributed by atoms with Crippen LogP contribution in [0.1, 0.15) is 25.3 Å². The van der Waals surface area contributed by atoms with Crippen molar-refractivity contribution in [3.05, 3.63) is 17.7 Å². The molecule has 1 saturated heterocycles. The van der Waals surface area contributed by atoms with Crippen molar-refractivity contribution in [2.24, 2.45) is 10.7 Å². The lowest BCUT2D eigenvalue weighted by Gasteiger charge is -2.32. The molecule has 4 N–H and O–H groups in total. The molecule has 0 atom stereocenters. The summed E-state index contributed by atoms with van der Waals surface area (Å²) in [7, 11) is 4.89. The number of rotatable bonds is 10. The predicted octanol–water partition coefficient (Wildman–Crippen LogP) is 1.38. The van der Waals surface area contributed by atoms with Crippen LogP contribution in [0.2, 0.25) is 0 Å². The summed E-state index contributed by atoms with van der Waals surface area (Å²) >= 11 is 0. The summed E-state index contributed by atoms with van der Waals surface area (Å²) in [6.45, 7) is 5.42. The van der Waals surface area contributed by atoms with Gasteiger partial charge in [-0.2, -0.15) is 0 Å². The summed E-state index contributed by atoms with van der Waals surface area (Å²) in [4.78, 5) is 17.9. The molecule has 9 nitrogen and oxygen atoms in total. The second-order valence-corrected chi connectivity index (χ2v) is 7.18. The summed E-state index contributed by atoms with van der Waals surface area (Å²) in [5, 5.41) is 6.81. The fourth-order valence-corrected chi connectivity index (χ4v) is 3.57. The Labute approximate surface area is 202 Å². The number of likely N-dealkylation sites (tertiary alicyclic amines) is 1. The zero-order chi connectivity index (χ0) is 21.9. The van der Waals surface area contributed by atoms with Gasteiger partial charge in [0.2, 0.25) is 5.91 Å². The zero-order valence-corrected chi connectivity index (χ0v) is 21.2. The number of piperidine rings is 1. The van der Waals surface area contributed by atoms with E-state index in [4.69, 9.17) is 24.9 Å². The van der Waals surface area contributed by atoms with Crippen molar-refractivity contribution in [2.75, 3.05) is 54.1 Å². The highest BCUT2D eigenvalue weighted by molar-refractivity contribution is 14.0. The number of hydrogen-bond donors (Lipinski definition) is 3. The van der Waals surface area contributed by atoms with E-state index in [-0.39, 0.29) is 29.9 Å². The van der Waals surface area contributed by atoms with Gasteiger partial charge in [-0.25, -0.2) is 0 Å². The number of carbonyl (C=O) groups excluding carboxylic acids is 1. The number of nitrogens with two attached hydrogens (primary N) is 1. The van der Waals surface area contributed by atoms with Gasteiger partial charge in [0.05, 0.1) is 27.9 Å². The number of primary amides is 1. The number of guanidine groups is 1. The Balaban J connectivity index is 0.00000480. The molecule has 1 fully saturated rings. The molecular formula is C21H36IN5O4. The maximum Gasteiger partial charge on any atom is 0.231 e. The molecule has 1 amide bonds. The van der Waals surface area contributed by atoms with E-state index in [1.165, 1.54) is 0 Å².